The Hall–Kier alpha value is -2.53. The molecule has 2 aromatic heterocycles. The zero-order valence-electron chi connectivity index (χ0n) is 22.4. The highest BCUT2D eigenvalue weighted by Crippen LogP contribution is 2.37. The Bertz CT molecular complexity index is 1300. The van der Waals surface area contributed by atoms with Crippen molar-refractivity contribution in [2.24, 2.45) is 10.4 Å². The van der Waals surface area contributed by atoms with Gasteiger partial charge in [0.1, 0.15) is 18.1 Å². The first-order valence-electron chi connectivity index (χ1n) is 12.5. The van der Waals surface area contributed by atoms with E-state index >= 15 is 8.78 Å². The molecule has 0 N–H and O–H groups in total. The van der Waals surface area contributed by atoms with E-state index in [1.807, 2.05) is 6.92 Å². The summed E-state index contributed by atoms with van der Waals surface area (Å²) in [5.41, 5.74) is 0.676. The van der Waals surface area contributed by atoms with Crippen molar-refractivity contribution in [2.45, 2.75) is 45.8 Å². The second-order valence-electron chi connectivity index (χ2n) is 11.2. The molecule has 0 saturated carbocycles. The smallest absolute Gasteiger partial charge is 0.198 e. The molecule has 206 valence electrons. The third-order valence-corrected chi connectivity index (χ3v) is 8.23. The lowest BCUT2D eigenvalue weighted by Gasteiger charge is -2.31. The van der Waals surface area contributed by atoms with E-state index in [2.05, 4.69) is 29.6 Å². The van der Waals surface area contributed by atoms with E-state index in [1.54, 1.807) is 17.9 Å². The molecular formula is C27H34ClF2N3O4Si. The normalized spacial score (nSPS) is 17.9. The van der Waals surface area contributed by atoms with Crippen molar-refractivity contribution < 1.29 is 27.7 Å². The molecule has 3 heterocycles. The van der Waals surface area contributed by atoms with Crippen LogP contribution in [0.15, 0.2) is 35.6 Å². The van der Waals surface area contributed by atoms with Crippen LogP contribution < -0.4 is 4.74 Å². The largest absolute Gasteiger partial charge is 0.480 e. The second kappa shape index (κ2) is 11.7. The van der Waals surface area contributed by atoms with Gasteiger partial charge in [0.2, 0.25) is 0 Å². The Balaban J connectivity index is 1.49. The Morgan fingerprint density at radius 3 is 2.58 bits per heavy atom. The number of hydrogen-bond acceptors (Lipinski definition) is 6. The molecule has 1 aliphatic heterocycles. The number of aliphatic imine (C=N–C) groups is 1. The summed E-state index contributed by atoms with van der Waals surface area (Å²) in [6.45, 7) is 11.2. The van der Waals surface area contributed by atoms with Gasteiger partial charge in [-0.2, -0.15) is 0 Å². The predicted octanol–water partition coefficient (Wildman–Crippen LogP) is 6.70. The average Bonchev–Trinajstić information content (AvgIpc) is 3.16. The van der Waals surface area contributed by atoms with Crippen molar-refractivity contribution in [2.75, 3.05) is 33.5 Å². The van der Waals surface area contributed by atoms with Crippen molar-refractivity contribution in [1.82, 2.24) is 9.55 Å². The van der Waals surface area contributed by atoms with Crippen LogP contribution in [0, 0.1) is 17.0 Å². The molecule has 7 nitrogen and oxygen atoms in total. The molecule has 0 bridgehead atoms. The highest BCUT2D eigenvalue weighted by molar-refractivity contribution is 6.76. The summed E-state index contributed by atoms with van der Waals surface area (Å²) < 4.78 is 54.3. The van der Waals surface area contributed by atoms with E-state index in [1.165, 1.54) is 24.4 Å². The maximum absolute atomic E-state index is 15.0. The lowest BCUT2D eigenvalue weighted by molar-refractivity contribution is 0.0424. The molecule has 0 saturated heterocycles. The molecular weight excluding hydrogens is 532 g/mol. The van der Waals surface area contributed by atoms with Gasteiger partial charge in [0, 0.05) is 46.0 Å². The minimum Gasteiger partial charge on any atom is -0.480 e. The monoisotopic (exact) mass is 565 g/mol. The number of halogens is 3. The van der Waals surface area contributed by atoms with Crippen molar-refractivity contribution in [3.05, 3.63) is 52.8 Å². The number of fused-ring (bicyclic) bond motifs is 1. The van der Waals surface area contributed by atoms with Crippen molar-refractivity contribution in [3.8, 4) is 11.5 Å². The van der Waals surface area contributed by atoms with Crippen molar-refractivity contribution in [1.29, 1.82) is 0 Å². The van der Waals surface area contributed by atoms with Gasteiger partial charge in [0.15, 0.2) is 23.3 Å². The first kappa shape index (κ1) is 28.5. The van der Waals surface area contributed by atoms with Crippen molar-refractivity contribution in [3.63, 3.8) is 0 Å². The number of benzene rings is 1. The van der Waals surface area contributed by atoms with Crippen LogP contribution in [0.4, 0.5) is 8.78 Å². The SMILES string of the molecule is COCC1(C)CN=C(Cc2cc(F)c(Oc3ccnc4c3c(Cl)cn4COCC[Si](C)(C)C)c(F)c2)OC1. The van der Waals surface area contributed by atoms with E-state index < -0.39 is 25.5 Å². The lowest BCUT2D eigenvalue weighted by Crippen LogP contribution is -2.37. The van der Waals surface area contributed by atoms with Crippen molar-refractivity contribution >= 4 is 36.6 Å². The zero-order chi connectivity index (χ0) is 27.5. The molecule has 1 aliphatic rings. The van der Waals surface area contributed by atoms with E-state index in [0.717, 1.165) is 6.04 Å². The number of ether oxygens (including phenoxy) is 4. The fourth-order valence-corrected chi connectivity index (χ4v) is 5.18. The lowest BCUT2D eigenvalue weighted by atomic mass is 9.92. The van der Waals surface area contributed by atoms with Gasteiger partial charge in [-0.3, -0.25) is 4.99 Å². The predicted molar refractivity (Wildman–Crippen MR) is 147 cm³/mol. The van der Waals surface area contributed by atoms with E-state index in [9.17, 15) is 0 Å². The number of hydrogen-bond donors (Lipinski definition) is 0. The van der Waals surface area contributed by atoms with Gasteiger partial charge >= 0.3 is 0 Å². The third kappa shape index (κ3) is 6.91. The molecule has 4 rings (SSSR count). The van der Waals surface area contributed by atoms with Gasteiger partial charge in [0.25, 0.3) is 0 Å². The first-order chi connectivity index (χ1) is 18.0. The highest BCUT2D eigenvalue weighted by Gasteiger charge is 2.30. The second-order valence-corrected chi connectivity index (χ2v) is 17.2. The molecule has 38 heavy (non-hydrogen) atoms. The van der Waals surface area contributed by atoms with Crippen LogP contribution in [0.3, 0.4) is 0 Å². The molecule has 1 unspecified atom stereocenters. The maximum Gasteiger partial charge on any atom is 0.198 e. The Morgan fingerprint density at radius 1 is 1.21 bits per heavy atom. The van der Waals surface area contributed by atoms with Gasteiger partial charge in [-0.15, -0.1) is 0 Å². The summed E-state index contributed by atoms with van der Waals surface area (Å²) in [4.78, 5) is 8.82. The number of aromatic nitrogens is 2. The van der Waals surface area contributed by atoms with Crippen LogP contribution in [0.1, 0.15) is 12.5 Å². The van der Waals surface area contributed by atoms with Gasteiger partial charge in [-0.25, -0.2) is 13.8 Å². The van der Waals surface area contributed by atoms with Crippen LogP contribution in [-0.4, -0.2) is 57.0 Å². The maximum atomic E-state index is 15.0. The van der Waals surface area contributed by atoms with Crippen LogP contribution in [0.5, 0.6) is 11.5 Å². The molecule has 1 atom stereocenters. The van der Waals surface area contributed by atoms with Gasteiger partial charge in [-0.1, -0.05) is 38.2 Å². The molecule has 11 heteroatoms. The van der Waals surface area contributed by atoms with Crippen LogP contribution >= 0.6 is 11.6 Å². The summed E-state index contributed by atoms with van der Waals surface area (Å²) in [5.74, 6) is -1.56. The van der Waals surface area contributed by atoms with Gasteiger partial charge in [0.05, 0.1) is 30.2 Å². The summed E-state index contributed by atoms with van der Waals surface area (Å²) in [6, 6.07) is 5.01. The fourth-order valence-electron chi connectivity index (χ4n) is 4.13. The average molecular weight is 566 g/mol. The van der Waals surface area contributed by atoms with E-state index in [-0.39, 0.29) is 24.3 Å². The summed E-state index contributed by atoms with van der Waals surface area (Å²) >= 11 is 6.48. The Morgan fingerprint density at radius 2 is 1.95 bits per heavy atom. The number of nitrogens with zero attached hydrogens (tertiary/aromatic N) is 3. The Labute approximate surface area is 227 Å². The van der Waals surface area contributed by atoms with Gasteiger partial charge in [-0.05, 0) is 29.8 Å². The fraction of sp³-hybridized carbons (Fsp3) is 0.481. The van der Waals surface area contributed by atoms with Crippen LogP contribution in [-0.2, 0) is 27.4 Å². The molecule has 0 fully saturated rings. The molecule has 0 radical (unpaired) electrons. The number of pyridine rings is 1. The molecule has 3 aromatic rings. The summed E-state index contributed by atoms with van der Waals surface area (Å²) in [7, 11) is 0.412. The zero-order valence-corrected chi connectivity index (χ0v) is 24.2. The Kier molecular flexibility index (Phi) is 8.76. The topological polar surface area (TPSA) is 67.1 Å². The minimum atomic E-state index is -1.22. The third-order valence-electron chi connectivity index (χ3n) is 6.24. The number of rotatable bonds is 11. The molecule has 0 amide bonds. The minimum absolute atomic E-state index is 0.170. The standard InChI is InChI=1S/C27H34ClF2N3O4Si/c1-27(15-34-2)14-32-23(36-16-27)12-18-10-20(29)25(21(30)11-18)37-22-6-7-31-26-24(22)19(28)13-33(26)17-35-8-9-38(3,4)5/h6-7,10-11,13H,8-9,12,14-17H2,1-5H3. The number of methoxy groups -OCH3 is 1. The highest BCUT2D eigenvalue weighted by atomic mass is 35.5. The van der Waals surface area contributed by atoms with E-state index in [4.69, 9.17) is 30.5 Å². The summed E-state index contributed by atoms with van der Waals surface area (Å²) in [5, 5.41) is 0.803. The van der Waals surface area contributed by atoms with Crippen LogP contribution in [0.2, 0.25) is 30.7 Å². The quantitative estimate of drug-likeness (QED) is 0.191. The molecule has 0 spiro atoms. The first-order valence-corrected chi connectivity index (χ1v) is 16.6. The molecule has 0 aliphatic carbocycles. The van der Waals surface area contributed by atoms with E-state index in [0.29, 0.717) is 53.9 Å². The van der Waals surface area contributed by atoms with Gasteiger partial charge < -0.3 is 23.5 Å². The summed E-state index contributed by atoms with van der Waals surface area (Å²) in [6.07, 6.45) is 3.36. The molecule has 1 aromatic carbocycles. The van der Waals surface area contributed by atoms with Crippen LogP contribution in [0.25, 0.3) is 11.0 Å².